The number of piperidine rings is 1. The summed E-state index contributed by atoms with van der Waals surface area (Å²) in [5.41, 5.74) is 0. The Morgan fingerprint density at radius 1 is 1.32 bits per heavy atom. The van der Waals surface area contributed by atoms with E-state index < -0.39 is 18.9 Å². The second kappa shape index (κ2) is 7.61. The number of hydrogen-bond donors (Lipinski definition) is 3. The molecular formula is C14H24F3N3O2. The van der Waals surface area contributed by atoms with Gasteiger partial charge in [0.05, 0.1) is 12.1 Å². The Labute approximate surface area is 128 Å². The number of carbonyl (C=O) groups excluding carboxylic acids is 1. The Kier molecular flexibility index (Phi) is 6.05. The molecule has 4 atom stereocenters. The summed E-state index contributed by atoms with van der Waals surface area (Å²) in [7, 11) is 0. The molecule has 3 N–H and O–H groups in total. The first-order valence-electron chi connectivity index (χ1n) is 7.80. The molecule has 0 aromatic heterocycles. The molecule has 0 aliphatic carbocycles. The number of nitrogens with one attached hydrogen (secondary N) is 3. The fourth-order valence-corrected chi connectivity index (χ4v) is 2.97. The maximum absolute atomic E-state index is 12.1. The number of carbonyl (C=O) groups is 1. The minimum absolute atomic E-state index is 0.00208. The van der Waals surface area contributed by atoms with E-state index in [-0.39, 0.29) is 24.0 Å². The third-order valence-electron chi connectivity index (χ3n) is 4.24. The van der Waals surface area contributed by atoms with E-state index in [0.717, 1.165) is 19.4 Å². The Bertz CT molecular complexity index is 365. The highest BCUT2D eigenvalue weighted by Crippen LogP contribution is 2.19. The minimum Gasteiger partial charge on any atom is -0.367 e. The summed E-state index contributed by atoms with van der Waals surface area (Å²) in [5, 5.41) is 9.30. The summed E-state index contributed by atoms with van der Waals surface area (Å²) in [4.78, 5) is 12.0. The highest BCUT2D eigenvalue weighted by Gasteiger charge is 2.32. The molecule has 1 amide bonds. The number of amides is 1. The molecule has 5 nitrogen and oxygen atoms in total. The van der Waals surface area contributed by atoms with Crippen molar-refractivity contribution in [2.45, 2.75) is 63.0 Å². The number of alkyl halides is 3. The van der Waals surface area contributed by atoms with E-state index in [1.54, 1.807) is 0 Å². The standard InChI is InChI=1S/C14H24F3N3O2/c1-9(20-13(21)12-3-2-6-18-12)11-5-4-10(7-19-11)22-8-14(15,16)17/h9-12,18-19H,2-8H2,1H3,(H,20,21)/t9-,10?,11?,12+/m1/s1. The van der Waals surface area contributed by atoms with Gasteiger partial charge < -0.3 is 20.7 Å². The first-order valence-corrected chi connectivity index (χ1v) is 7.80. The predicted octanol–water partition coefficient (Wildman–Crippen LogP) is 0.943. The second-order valence-electron chi connectivity index (χ2n) is 6.09. The average molecular weight is 323 g/mol. The molecule has 0 radical (unpaired) electrons. The van der Waals surface area contributed by atoms with Gasteiger partial charge in [0.25, 0.3) is 0 Å². The van der Waals surface area contributed by atoms with Crippen molar-refractivity contribution in [3.05, 3.63) is 0 Å². The molecule has 0 saturated carbocycles. The predicted molar refractivity (Wildman–Crippen MR) is 75.4 cm³/mol. The Morgan fingerprint density at radius 3 is 2.64 bits per heavy atom. The van der Waals surface area contributed by atoms with Crippen LogP contribution in [0.3, 0.4) is 0 Å². The first-order chi connectivity index (χ1) is 10.3. The Morgan fingerprint density at radius 2 is 2.09 bits per heavy atom. The van der Waals surface area contributed by atoms with E-state index in [4.69, 9.17) is 4.74 Å². The quantitative estimate of drug-likeness (QED) is 0.705. The minimum atomic E-state index is -4.29. The molecular weight excluding hydrogens is 299 g/mol. The fraction of sp³-hybridized carbons (Fsp3) is 0.929. The molecule has 22 heavy (non-hydrogen) atoms. The van der Waals surface area contributed by atoms with Gasteiger partial charge in [-0.3, -0.25) is 4.79 Å². The summed E-state index contributed by atoms with van der Waals surface area (Å²) in [5.74, 6) is 0.00208. The zero-order chi connectivity index (χ0) is 16.2. The summed E-state index contributed by atoms with van der Waals surface area (Å²) in [6.07, 6.45) is -1.60. The van der Waals surface area contributed by atoms with Gasteiger partial charge in [-0.15, -0.1) is 0 Å². The number of ether oxygens (including phenoxy) is 1. The van der Waals surface area contributed by atoms with Crippen molar-refractivity contribution in [2.75, 3.05) is 19.7 Å². The van der Waals surface area contributed by atoms with Gasteiger partial charge in [0, 0.05) is 18.6 Å². The lowest BCUT2D eigenvalue weighted by Gasteiger charge is -2.34. The van der Waals surface area contributed by atoms with Gasteiger partial charge in [-0.25, -0.2) is 0 Å². The van der Waals surface area contributed by atoms with Gasteiger partial charge >= 0.3 is 6.18 Å². The molecule has 2 unspecified atom stereocenters. The van der Waals surface area contributed by atoms with Crippen molar-refractivity contribution in [3.8, 4) is 0 Å². The highest BCUT2D eigenvalue weighted by atomic mass is 19.4. The normalized spacial score (nSPS) is 31.0. The van der Waals surface area contributed by atoms with Crippen LogP contribution in [-0.2, 0) is 9.53 Å². The summed E-state index contributed by atoms with van der Waals surface area (Å²) in [6, 6.07) is -0.108. The van der Waals surface area contributed by atoms with E-state index in [2.05, 4.69) is 16.0 Å². The average Bonchev–Trinajstić information content (AvgIpc) is 2.99. The number of halogens is 3. The van der Waals surface area contributed by atoms with E-state index >= 15 is 0 Å². The Balaban J connectivity index is 1.68. The molecule has 2 saturated heterocycles. The van der Waals surface area contributed by atoms with Gasteiger partial charge in [0.2, 0.25) is 5.91 Å². The number of rotatable bonds is 5. The van der Waals surface area contributed by atoms with E-state index in [1.165, 1.54) is 0 Å². The number of hydrogen-bond acceptors (Lipinski definition) is 4. The van der Waals surface area contributed by atoms with Crippen molar-refractivity contribution in [1.82, 2.24) is 16.0 Å². The molecule has 2 rings (SSSR count). The first kappa shape index (κ1) is 17.5. The van der Waals surface area contributed by atoms with Gasteiger partial charge in [0.1, 0.15) is 6.61 Å². The van der Waals surface area contributed by atoms with Crippen molar-refractivity contribution in [3.63, 3.8) is 0 Å². The van der Waals surface area contributed by atoms with Crippen LogP contribution in [0.25, 0.3) is 0 Å². The highest BCUT2D eigenvalue weighted by molar-refractivity contribution is 5.82. The van der Waals surface area contributed by atoms with Crippen LogP contribution < -0.4 is 16.0 Å². The van der Waals surface area contributed by atoms with Crippen LogP contribution in [0.4, 0.5) is 13.2 Å². The van der Waals surface area contributed by atoms with Crippen LogP contribution in [0.5, 0.6) is 0 Å². The van der Waals surface area contributed by atoms with Gasteiger partial charge in [-0.2, -0.15) is 13.2 Å². The molecule has 0 spiro atoms. The SMILES string of the molecule is C[C@@H](NC(=O)[C@@H]1CCCN1)C1CCC(OCC(F)(F)F)CN1. The smallest absolute Gasteiger partial charge is 0.367 e. The second-order valence-corrected chi connectivity index (χ2v) is 6.09. The third-order valence-corrected chi connectivity index (χ3v) is 4.24. The van der Waals surface area contributed by atoms with Crippen LogP contribution in [0.2, 0.25) is 0 Å². The maximum atomic E-state index is 12.1. The maximum Gasteiger partial charge on any atom is 0.411 e. The molecule has 0 bridgehead atoms. The molecule has 2 aliphatic rings. The third kappa shape index (κ3) is 5.40. The summed E-state index contributed by atoms with van der Waals surface area (Å²) >= 11 is 0. The molecule has 2 heterocycles. The van der Waals surface area contributed by atoms with Crippen LogP contribution in [0.1, 0.15) is 32.6 Å². The molecule has 2 fully saturated rings. The zero-order valence-corrected chi connectivity index (χ0v) is 12.7. The summed E-state index contributed by atoms with van der Waals surface area (Å²) in [6.45, 7) is 1.96. The Hall–Kier alpha value is -0.860. The van der Waals surface area contributed by atoms with Crippen molar-refractivity contribution in [1.29, 1.82) is 0 Å². The van der Waals surface area contributed by atoms with Crippen molar-refractivity contribution in [2.24, 2.45) is 0 Å². The zero-order valence-electron chi connectivity index (χ0n) is 12.7. The van der Waals surface area contributed by atoms with Crippen LogP contribution in [-0.4, -0.2) is 56.0 Å². The van der Waals surface area contributed by atoms with E-state index in [1.807, 2.05) is 6.92 Å². The van der Waals surface area contributed by atoms with Crippen LogP contribution in [0.15, 0.2) is 0 Å². The molecule has 8 heteroatoms. The largest absolute Gasteiger partial charge is 0.411 e. The monoisotopic (exact) mass is 323 g/mol. The lowest BCUT2D eigenvalue weighted by atomic mass is 9.97. The topological polar surface area (TPSA) is 62.4 Å². The molecule has 128 valence electrons. The van der Waals surface area contributed by atoms with Crippen molar-refractivity contribution < 1.29 is 22.7 Å². The van der Waals surface area contributed by atoms with E-state index in [0.29, 0.717) is 19.4 Å². The lowest BCUT2D eigenvalue weighted by Crippen LogP contribution is -2.55. The van der Waals surface area contributed by atoms with Gasteiger partial charge in [0.15, 0.2) is 0 Å². The van der Waals surface area contributed by atoms with Crippen LogP contribution in [0, 0.1) is 0 Å². The molecule has 0 aromatic carbocycles. The summed E-state index contributed by atoms with van der Waals surface area (Å²) < 4.78 is 41.2. The lowest BCUT2D eigenvalue weighted by molar-refractivity contribution is -0.187. The van der Waals surface area contributed by atoms with Gasteiger partial charge in [-0.1, -0.05) is 0 Å². The van der Waals surface area contributed by atoms with Gasteiger partial charge in [-0.05, 0) is 39.2 Å². The fourth-order valence-electron chi connectivity index (χ4n) is 2.97. The van der Waals surface area contributed by atoms with Crippen molar-refractivity contribution >= 4 is 5.91 Å². The molecule has 0 aromatic rings. The molecule has 2 aliphatic heterocycles. The van der Waals surface area contributed by atoms with E-state index in [9.17, 15) is 18.0 Å². The van der Waals surface area contributed by atoms with Crippen LogP contribution >= 0.6 is 0 Å².